The van der Waals surface area contributed by atoms with Crippen LogP contribution >= 0.6 is 0 Å². The van der Waals surface area contributed by atoms with Gasteiger partial charge in [0.05, 0.1) is 23.9 Å². The SMILES string of the molecule is CC(C)n1cc(C(=O)Nc2ccc(Oc3cc(-c4cn(C)cn4)cn4nccc34)c(CF)c2)c(=O)n(-c2ccc(F)cc2)c1=O. The lowest BCUT2D eigenvalue weighted by molar-refractivity contribution is 0.102. The number of amides is 1. The molecule has 4 heterocycles. The van der Waals surface area contributed by atoms with Crippen molar-refractivity contribution in [3.05, 3.63) is 123 Å². The molecule has 0 unspecified atom stereocenters. The number of fused-ring (bicyclic) bond motifs is 1. The van der Waals surface area contributed by atoms with Crippen LogP contribution in [-0.4, -0.2) is 34.2 Å². The van der Waals surface area contributed by atoms with Crippen LogP contribution in [0.1, 0.15) is 35.8 Å². The number of carbonyl (C=O) groups excluding carboxylic acids is 1. The molecule has 0 fully saturated rings. The molecule has 13 heteroatoms. The summed E-state index contributed by atoms with van der Waals surface area (Å²) >= 11 is 0. The summed E-state index contributed by atoms with van der Waals surface area (Å²) in [6.45, 7) is 2.53. The highest BCUT2D eigenvalue weighted by Gasteiger charge is 2.21. The van der Waals surface area contributed by atoms with E-state index in [2.05, 4.69) is 15.4 Å². The maximum absolute atomic E-state index is 14.3. The number of aryl methyl sites for hydroxylation is 1. The molecule has 6 rings (SSSR count). The summed E-state index contributed by atoms with van der Waals surface area (Å²) in [5.41, 5.74) is 0.640. The van der Waals surface area contributed by atoms with Gasteiger partial charge in [-0.1, -0.05) is 0 Å². The molecule has 0 saturated heterocycles. The molecule has 1 N–H and O–H groups in total. The molecule has 1 amide bonds. The predicted octanol–water partition coefficient (Wildman–Crippen LogP) is 5.28. The fourth-order valence-corrected chi connectivity index (χ4v) is 4.87. The minimum Gasteiger partial charge on any atom is -0.455 e. The lowest BCUT2D eigenvalue weighted by Gasteiger charge is -2.16. The molecule has 228 valence electrons. The second-order valence-corrected chi connectivity index (χ2v) is 10.6. The van der Waals surface area contributed by atoms with Crippen LogP contribution in [0.3, 0.4) is 0 Å². The molecule has 0 spiro atoms. The third-order valence-electron chi connectivity index (χ3n) is 7.15. The Balaban J connectivity index is 1.32. The van der Waals surface area contributed by atoms with E-state index >= 15 is 0 Å². The van der Waals surface area contributed by atoms with E-state index in [4.69, 9.17) is 4.74 Å². The van der Waals surface area contributed by atoms with Gasteiger partial charge in [0.2, 0.25) is 0 Å². The molecule has 6 aromatic rings. The Hall–Kier alpha value is -5.85. The van der Waals surface area contributed by atoms with E-state index in [1.54, 1.807) is 43.0 Å². The van der Waals surface area contributed by atoms with Crippen LogP contribution in [0.4, 0.5) is 14.5 Å². The van der Waals surface area contributed by atoms with Crippen molar-refractivity contribution in [3.8, 4) is 28.4 Å². The Morgan fingerprint density at radius 1 is 1.00 bits per heavy atom. The van der Waals surface area contributed by atoms with Crippen molar-refractivity contribution in [2.75, 3.05) is 5.32 Å². The molecule has 4 aromatic heterocycles. The first-order valence-electron chi connectivity index (χ1n) is 13.9. The normalized spacial score (nSPS) is 11.3. The van der Waals surface area contributed by atoms with E-state index in [0.717, 1.165) is 22.3 Å². The van der Waals surface area contributed by atoms with Gasteiger partial charge in [-0.3, -0.25) is 14.2 Å². The van der Waals surface area contributed by atoms with Crippen LogP contribution in [0, 0.1) is 5.82 Å². The fourth-order valence-electron chi connectivity index (χ4n) is 4.87. The number of aromatic nitrogens is 6. The summed E-state index contributed by atoms with van der Waals surface area (Å²) < 4.78 is 39.5. The average molecular weight is 612 g/mol. The highest BCUT2D eigenvalue weighted by Crippen LogP contribution is 2.34. The Labute approximate surface area is 254 Å². The highest BCUT2D eigenvalue weighted by molar-refractivity contribution is 6.04. The standard InChI is InChI=1S/C32H27F2N7O4/c1-19(2)39-16-25(31(43)41(32(39)44)24-7-4-22(34)5-8-24)30(42)37-23-6-9-28(20(12-23)14-33)45-29-13-21(26-17-38(3)18-35-26)15-40-27(29)10-11-36-40/h4-13,15-19H,14H2,1-3H3,(H,37,42). The van der Waals surface area contributed by atoms with Gasteiger partial charge in [0.25, 0.3) is 11.5 Å². The van der Waals surface area contributed by atoms with Gasteiger partial charge in [0, 0.05) is 48.5 Å². The van der Waals surface area contributed by atoms with Crippen LogP contribution in [-0.2, 0) is 13.7 Å². The molecule has 11 nitrogen and oxygen atoms in total. The number of alkyl halides is 1. The number of halogens is 2. The smallest absolute Gasteiger partial charge is 0.335 e. The molecule has 0 saturated carbocycles. The number of nitrogens with one attached hydrogen (secondary N) is 1. The second-order valence-electron chi connectivity index (χ2n) is 10.6. The predicted molar refractivity (Wildman–Crippen MR) is 163 cm³/mol. The molecule has 0 atom stereocenters. The monoisotopic (exact) mass is 611 g/mol. The molecule has 0 aliphatic carbocycles. The number of nitrogens with zero attached hydrogens (tertiary/aromatic N) is 6. The molecule has 0 aliphatic rings. The molecule has 0 bridgehead atoms. The third kappa shape index (κ3) is 5.62. The van der Waals surface area contributed by atoms with Crippen LogP contribution in [0.5, 0.6) is 11.5 Å². The molecule has 0 radical (unpaired) electrons. The van der Waals surface area contributed by atoms with Gasteiger partial charge in [-0.15, -0.1) is 0 Å². The van der Waals surface area contributed by atoms with Gasteiger partial charge >= 0.3 is 5.69 Å². The lowest BCUT2D eigenvalue weighted by Crippen LogP contribution is -2.42. The topological polar surface area (TPSA) is 117 Å². The van der Waals surface area contributed by atoms with Crippen LogP contribution in [0.25, 0.3) is 22.5 Å². The number of imidazole rings is 1. The van der Waals surface area contributed by atoms with Gasteiger partial charge < -0.3 is 14.6 Å². The number of hydrogen-bond acceptors (Lipinski definition) is 6. The number of benzene rings is 2. The van der Waals surface area contributed by atoms with Crippen molar-refractivity contribution in [1.29, 1.82) is 0 Å². The van der Waals surface area contributed by atoms with Gasteiger partial charge in [-0.2, -0.15) is 5.10 Å². The zero-order chi connectivity index (χ0) is 31.8. The summed E-state index contributed by atoms with van der Waals surface area (Å²) in [5.74, 6) is -0.729. The van der Waals surface area contributed by atoms with Crippen molar-refractivity contribution >= 4 is 17.1 Å². The number of hydrogen-bond donors (Lipinski definition) is 1. The van der Waals surface area contributed by atoms with Gasteiger partial charge in [-0.25, -0.2) is 27.6 Å². The quantitative estimate of drug-likeness (QED) is 0.250. The maximum atomic E-state index is 14.3. The first-order chi connectivity index (χ1) is 21.6. The van der Waals surface area contributed by atoms with E-state index in [1.165, 1.54) is 41.1 Å². The number of rotatable bonds is 8. The van der Waals surface area contributed by atoms with Crippen LogP contribution in [0.2, 0.25) is 0 Å². The van der Waals surface area contributed by atoms with Crippen molar-refractivity contribution < 1.29 is 18.3 Å². The van der Waals surface area contributed by atoms with E-state index in [9.17, 15) is 23.2 Å². The van der Waals surface area contributed by atoms with Gasteiger partial charge in [-0.05, 0) is 68.4 Å². The fraction of sp³-hybridized carbons (Fsp3) is 0.156. The molecular formula is C32H27F2N7O4. The van der Waals surface area contributed by atoms with Crippen LogP contribution < -0.4 is 21.3 Å². The highest BCUT2D eigenvalue weighted by atomic mass is 19.1. The van der Waals surface area contributed by atoms with Crippen molar-refractivity contribution in [1.82, 2.24) is 28.3 Å². The van der Waals surface area contributed by atoms with E-state index < -0.39 is 35.7 Å². The number of carbonyl (C=O) groups is 1. The average Bonchev–Trinajstić information content (AvgIpc) is 3.68. The van der Waals surface area contributed by atoms with Crippen molar-refractivity contribution in [2.45, 2.75) is 26.6 Å². The van der Waals surface area contributed by atoms with E-state index in [1.807, 2.05) is 24.0 Å². The van der Waals surface area contributed by atoms with E-state index in [-0.39, 0.29) is 28.3 Å². The zero-order valence-electron chi connectivity index (χ0n) is 24.4. The minimum absolute atomic E-state index is 0.107. The number of ether oxygens (including phenoxy) is 1. The Kier molecular flexibility index (Phi) is 7.59. The van der Waals surface area contributed by atoms with Gasteiger partial charge in [0.1, 0.15) is 29.3 Å². The summed E-state index contributed by atoms with van der Waals surface area (Å²) in [5, 5.41) is 6.93. The first kappa shape index (κ1) is 29.2. The first-order valence-corrected chi connectivity index (χ1v) is 13.9. The van der Waals surface area contributed by atoms with Crippen molar-refractivity contribution in [2.24, 2.45) is 7.05 Å². The summed E-state index contributed by atoms with van der Waals surface area (Å²) in [4.78, 5) is 44.3. The third-order valence-corrected chi connectivity index (χ3v) is 7.15. The maximum Gasteiger partial charge on any atom is 0.335 e. The molecule has 45 heavy (non-hydrogen) atoms. The molecular weight excluding hydrogens is 584 g/mol. The number of pyridine rings is 1. The summed E-state index contributed by atoms with van der Waals surface area (Å²) in [6, 6.07) is 12.4. The summed E-state index contributed by atoms with van der Waals surface area (Å²) in [6.07, 6.45) is 8.13. The second kappa shape index (κ2) is 11.7. The number of anilines is 1. The summed E-state index contributed by atoms with van der Waals surface area (Å²) in [7, 11) is 1.86. The zero-order valence-corrected chi connectivity index (χ0v) is 24.4. The Morgan fingerprint density at radius 3 is 2.47 bits per heavy atom. The Morgan fingerprint density at radius 2 is 1.78 bits per heavy atom. The van der Waals surface area contributed by atoms with Gasteiger partial charge in [0.15, 0.2) is 5.75 Å². The minimum atomic E-state index is -0.913. The largest absolute Gasteiger partial charge is 0.455 e. The Bertz CT molecular complexity index is 2180. The lowest BCUT2D eigenvalue weighted by atomic mass is 10.1. The van der Waals surface area contributed by atoms with Crippen molar-refractivity contribution in [3.63, 3.8) is 0 Å². The van der Waals surface area contributed by atoms with E-state index in [0.29, 0.717) is 17.0 Å². The molecule has 2 aromatic carbocycles. The van der Waals surface area contributed by atoms with Crippen LogP contribution in [0.15, 0.2) is 95.3 Å². The molecule has 0 aliphatic heterocycles.